The van der Waals surface area contributed by atoms with Gasteiger partial charge in [0.15, 0.2) is 5.58 Å². The molecule has 0 radical (unpaired) electrons. The molecule has 0 aliphatic heterocycles. The van der Waals surface area contributed by atoms with Crippen molar-refractivity contribution in [3.05, 3.63) is 60.0 Å². The van der Waals surface area contributed by atoms with E-state index < -0.39 is 0 Å². The zero-order chi connectivity index (χ0) is 10.8. The SMILES string of the molecule is c1cncc(Cc2noc3ccccc23)c1. The Bertz CT molecular complexity index is 601. The first-order chi connectivity index (χ1) is 7.93. The summed E-state index contributed by atoms with van der Waals surface area (Å²) in [5.74, 6) is 0. The largest absolute Gasteiger partial charge is 0.356 e. The van der Waals surface area contributed by atoms with E-state index in [9.17, 15) is 0 Å². The molecule has 0 saturated carbocycles. The fourth-order valence-corrected chi connectivity index (χ4v) is 1.76. The summed E-state index contributed by atoms with van der Waals surface area (Å²) >= 11 is 0. The van der Waals surface area contributed by atoms with Gasteiger partial charge in [0.05, 0.1) is 5.69 Å². The van der Waals surface area contributed by atoms with Crippen molar-refractivity contribution in [2.75, 3.05) is 0 Å². The van der Waals surface area contributed by atoms with Crippen LogP contribution in [-0.4, -0.2) is 10.1 Å². The second-order valence-electron chi connectivity index (χ2n) is 3.66. The molecule has 0 aliphatic carbocycles. The molecule has 0 unspecified atom stereocenters. The van der Waals surface area contributed by atoms with Crippen LogP contribution >= 0.6 is 0 Å². The van der Waals surface area contributed by atoms with Crippen LogP contribution in [0.2, 0.25) is 0 Å². The van der Waals surface area contributed by atoms with E-state index in [4.69, 9.17) is 4.52 Å². The van der Waals surface area contributed by atoms with Gasteiger partial charge in [0.1, 0.15) is 0 Å². The Morgan fingerprint density at radius 1 is 1.06 bits per heavy atom. The van der Waals surface area contributed by atoms with Crippen LogP contribution in [0.15, 0.2) is 53.3 Å². The molecule has 0 bridgehead atoms. The van der Waals surface area contributed by atoms with Crippen LogP contribution in [0, 0.1) is 0 Å². The first-order valence-corrected chi connectivity index (χ1v) is 5.16. The molecule has 0 aliphatic rings. The second kappa shape index (κ2) is 3.77. The molecule has 0 saturated heterocycles. The molecule has 0 N–H and O–H groups in total. The predicted molar refractivity (Wildman–Crippen MR) is 61.1 cm³/mol. The van der Waals surface area contributed by atoms with E-state index in [0.717, 1.165) is 28.6 Å². The molecule has 3 aromatic rings. The van der Waals surface area contributed by atoms with Gasteiger partial charge in [-0.05, 0) is 23.8 Å². The molecule has 0 fully saturated rings. The maximum atomic E-state index is 5.25. The number of hydrogen-bond acceptors (Lipinski definition) is 3. The third kappa shape index (κ3) is 1.56. The van der Waals surface area contributed by atoms with Gasteiger partial charge in [-0.15, -0.1) is 0 Å². The Kier molecular flexibility index (Phi) is 2.14. The van der Waals surface area contributed by atoms with Crippen molar-refractivity contribution < 1.29 is 4.52 Å². The van der Waals surface area contributed by atoms with Crippen LogP contribution in [0.5, 0.6) is 0 Å². The number of pyridine rings is 1. The van der Waals surface area contributed by atoms with E-state index in [1.165, 1.54) is 0 Å². The Labute approximate surface area is 92.7 Å². The summed E-state index contributed by atoms with van der Waals surface area (Å²) in [4.78, 5) is 4.09. The monoisotopic (exact) mass is 210 g/mol. The van der Waals surface area contributed by atoms with Gasteiger partial charge < -0.3 is 4.52 Å². The molecule has 78 valence electrons. The summed E-state index contributed by atoms with van der Waals surface area (Å²) in [6.07, 6.45) is 4.37. The molecular weight excluding hydrogens is 200 g/mol. The van der Waals surface area contributed by atoms with Gasteiger partial charge in [0.2, 0.25) is 0 Å². The first kappa shape index (κ1) is 9.09. The third-order valence-electron chi connectivity index (χ3n) is 2.55. The van der Waals surface area contributed by atoms with Gasteiger partial charge in [-0.25, -0.2) is 0 Å². The number of nitrogens with zero attached hydrogens (tertiary/aromatic N) is 2. The normalized spacial score (nSPS) is 10.8. The quantitative estimate of drug-likeness (QED) is 0.652. The third-order valence-corrected chi connectivity index (χ3v) is 2.55. The smallest absolute Gasteiger partial charge is 0.167 e. The van der Waals surface area contributed by atoms with E-state index >= 15 is 0 Å². The first-order valence-electron chi connectivity index (χ1n) is 5.16. The molecule has 3 rings (SSSR count). The Morgan fingerprint density at radius 3 is 2.88 bits per heavy atom. The zero-order valence-electron chi connectivity index (χ0n) is 8.63. The van der Waals surface area contributed by atoms with E-state index in [1.807, 2.05) is 42.6 Å². The molecular formula is C13H10N2O. The molecule has 2 aromatic heterocycles. The molecule has 0 amide bonds. The number of aromatic nitrogens is 2. The summed E-state index contributed by atoms with van der Waals surface area (Å²) in [5, 5.41) is 5.16. The van der Waals surface area contributed by atoms with Crippen LogP contribution in [0.4, 0.5) is 0 Å². The molecule has 16 heavy (non-hydrogen) atoms. The topological polar surface area (TPSA) is 38.9 Å². The Hall–Kier alpha value is -2.16. The molecule has 0 atom stereocenters. The highest BCUT2D eigenvalue weighted by molar-refractivity contribution is 5.79. The summed E-state index contributed by atoms with van der Waals surface area (Å²) in [7, 11) is 0. The number of hydrogen-bond donors (Lipinski definition) is 0. The highest BCUT2D eigenvalue weighted by Gasteiger charge is 2.07. The summed E-state index contributed by atoms with van der Waals surface area (Å²) in [5.41, 5.74) is 2.94. The number of para-hydroxylation sites is 1. The van der Waals surface area contributed by atoms with Gasteiger partial charge in [-0.1, -0.05) is 23.4 Å². The maximum absolute atomic E-state index is 5.25. The zero-order valence-corrected chi connectivity index (χ0v) is 8.63. The van der Waals surface area contributed by atoms with Crippen LogP contribution in [-0.2, 0) is 6.42 Å². The molecule has 3 nitrogen and oxygen atoms in total. The fourth-order valence-electron chi connectivity index (χ4n) is 1.76. The maximum Gasteiger partial charge on any atom is 0.167 e. The van der Waals surface area contributed by atoms with Crippen molar-refractivity contribution in [2.24, 2.45) is 0 Å². The number of rotatable bonds is 2. The minimum absolute atomic E-state index is 0.755. The lowest BCUT2D eigenvalue weighted by Crippen LogP contribution is -1.89. The van der Waals surface area contributed by atoms with E-state index in [1.54, 1.807) is 6.20 Å². The standard InChI is InChI=1S/C13H10N2O/c1-2-6-13-11(5-1)12(15-16-13)8-10-4-3-7-14-9-10/h1-7,9H,8H2. The van der Waals surface area contributed by atoms with Crippen LogP contribution in [0.25, 0.3) is 11.0 Å². The Balaban J connectivity index is 2.01. The van der Waals surface area contributed by atoms with Gasteiger partial charge >= 0.3 is 0 Å². The van der Waals surface area contributed by atoms with Crippen molar-refractivity contribution in [3.63, 3.8) is 0 Å². The Morgan fingerprint density at radius 2 is 2.00 bits per heavy atom. The number of fused-ring (bicyclic) bond motifs is 1. The minimum Gasteiger partial charge on any atom is -0.356 e. The molecule has 3 heteroatoms. The van der Waals surface area contributed by atoms with E-state index in [0.29, 0.717) is 0 Å². The van der Waals surface area contributed by atoms with E-state index in [2.05, 4.69) is 10.1 Å². The van der Waals surface area contributed by atoms with Crippen molar-refractivity contribution >= 4 is 11.0 Å². The number of benzene rings is 1. The predicted octanol–water partition coefficient (Wildman–Crippen LogP) is 2.81. The second-order valence-corrected chi connectivity index (χ2v) is 3.66. The van der Waals surface area contributed by atoms with Crippen molar-refractivity contribution in [2.45, 2.75) is 6.42 Å². The highest BCUT2D eigenvalue weighted by atomic mass is 16.5. The van der Waals surface area contributed by atoms with Gasteiger partial charge in [-0.3, -0.25) is 4.98 Å². The van der Waals surface area contributed by atoms with Gasteiger partial charge in [-0.2, -0.15) is 0 Å². The van der Waals surface area contributed by atoms with Crippen molar-refractivity contribution in [1.82, 2.24) is 10.1 Å². The minimum atomic E-state index is 0.755. The summed E-state index contributed by atoms with van der Waals surface area (Å²) in [6.45, 7) is 0. The van der Waals surface area contributed by atoms with Gasteiger partial charge in [0.25, 0.3) is 0 Å². The van der Waals surface area contributed by atoms with E-state index in [-0.39, 0.29) is 0 Å². The lowest BCUT2D eigenvalue weighted by Gasteiger charge is -1.96. The van der Waals surface area contributed by atoms with Crippen LogP contribution in [0.3, 0.4) is 0 Å². The van der Waals surface area contributed by atoms with Crippen LogP contribution < -0.4 is 0 Å². The fraction of sp³-hybridized carbons (Fsp3) is 0.0769. The average molecular weight is 210 g/mol. The lowest BCUT2D eigenvalue weighted by atomic mass is 10.1. The summed E-state index contributed by atoms with van der Waals surface area (Å²) in [6, 6.07) is 11.9. The molecule has 2 heterocycles. The molecule has 1 aromatic carbocycles. The lowest BCUT2D eigenvalue weighted by molar-refractivity contribution is 0.448. The summed E-state index contributed by atoms with van der Waals surface area (Å²) < 4.78 is 5.25. The van der Waals surface area contributed by atoms with Gasteiger partial charge in [0, 0.05) is 24.2 Å². The average Bonchev–Trinajstić information content (AvgIpc) is 2.74. The van der Waals surface area contributed by atoms with Crippen molar-refractivity contribution in [3.8, 4) is 0 Å². The van der Waals surface area contributed by atoms with Crippen LogP contribution in [0.1, 0.15) is 11.3 Å². The van der Waals surface area contributed by atoms with Crippen molar-refractivity contribution in [1.29, 1.82) is 0 Å². The highest BCUT2D eigenvalue weighted by Crippen LogP contribution is 2.19. The molecule has 0 spiro atoms.